The van der Waals surface area contributed by atoms with Gasteiger partial charge in [-0.2, -0.15) is 0 Å². The largest absolute Gasteiger partial charge is 0.352 e. The maximum absolute atomic E-state index is 13.7. The van der Waals surface area contributed by atoms with Crippen molar-refractivity contribution >= 4 is 39.1 Å². The Morgan fingerprint density at radius 1 is 1.06 bits per heavy atom. The minimum absolute atomic E-state index is 0.104. The number of carbonyl (C=O) groups excluding carboxylic acids is 2. The van der Waals surface area contributed by atoms with Gasteiger partial charge >= 0.3 is 0 Å². The third kappa shape index (κ3) is 7.46. The molecular formula is C27H36ClN3O4S. The highest BCUT2D eigenvalue weighted by molar-refractivity contribution is 7.92. The smallest absolute Gasteiger partial charge is 0.244 e. The molecule has 0 unspecified atom stereocenters. The number of hydrogen-bond donors (Lipinski definition) is 1. The van der Waals surface area contributed by atoms with E-state index < -0.39 is 28.5 Å². The molecule has 2 aromatic carbocycles. The standard InChI is InChI=1S/C27H36ClN3O4S/c1-4-24(27(33)29-22-10-6-5-7-11-22)30(18-21-16-14-20(2)15-17-21)26(32)19-31(36(3,34)35)25-13-9-8-12-23(25)28/h8-9,12-17,22,24H,4-7,10-11,18-19H2,1-3H3,(H,29,33)/t24-/m1/s1. The molecular weight excluding hydrogens is 498 g/mol. The van der Waals surface area contributed by atoms with Crippen LogP contribution in [0.4, 0.5) is 5.69 Å². The van der Waals surface area contributed by atoms with Gasteiger partial charge in [0.25, 0.3) is 0 Å². The maximum atomic E-state index is 13.7. The summed E-state index contributed by atoms with van der Waals surface area (Å²) in [5.41, 5.74) is 2.17. The van der Waals surface area contributed by atoms with Gasteiger partial charge in [0, 0.05) is 12.6 Å². The molecule has 1 atom stereocenters. The van der Waals surface area contributed by atoms with E-state index in [9.17, 15) is 18.0 Å². The van der Waals surface area contributed by atoms with Gasteiger partial charge in [0.2, 0.25) is 21.8 Å². The molecule has 36 heavy (non-hydrogen) atoms. The molecule has 0 aliphatic heterocycles. The van der Waals surface area contributed by atoms with Crippen LogP contribution in [-0.4, -0.2) is 50.0 Å². The third-order valence-electron chi connectivity index (χ3n) is 6.61. The fourth-order valence-corrected chi connectivity index (χ4v) is 5.75. The maximum Gasteiger partial charge on any atom is 0.244 e. The van der Waals surface area contributed by atoms with Crippen LogP contribution < -0.4 is 9.62 Å². The molecule has 1 aliphatic carbocycles. The zero-order valence-electron chi connectivity index (χ0n) is 21.2. The highest BCUT2D eigenvalue weighted by atomic mass is 35.5. The van der Waals surface area contributed by atoms with Crippen molar-refractivity contribution < 1.29 is 18.0 Å². The first kappa shape index (κ1) is 28.0. The van der Waals surface area contributed by atoms with Crippen LogP contribution >= 0.6 is 11.6 Å². The van der Waals surface area contributed by atoms with Crippen LogP contribution in [0.1, 0.15) is 56.6 Å². The number of nitrogens with one attached hydrogen (secondary N) is 1. The average Bonchev–Trinajstić information content (AvgIpc) is 2.84. The third-order valence-corrected chi connectivity index (χ3v) is 8.06. The Hall–Kier alpha value is -2.58. The molecule has 1 fully saturated rings. The number of nitrogens with zero attached hydrogens (tertiary/aromatic N) is 2. The van der Waals surface area contributed by atoms with Gasteiger partial charge < -0.3 is 10.2 Å². The molecule has 7 nitrogen and oxygen atoms in total. The lowest BCUT2D eigenvalue weighted by Crippen LogP contribution is -2.54. The number of sulfonamides is 1. The molecule has 2 aromatic rings. The summed E-state index contributed by atoms with van der Waals surface area (Å²) >= 11 is 6.29. The number of rotatable bonds is 10. The van der Waals surface area contributed by atoms with Gasteiger partial charge in [-0.3, -0.25) is 13.9 Å². The summed E-state index contributed by atoms with van der Waals surface area (Å²) in [6.07, 6.45) is 6.64. The van der Waals surface area contributed by atoms with Crippen molar-refractivity contribution in [2.24, 2.45) is 0 Å². The summed E-state index contributed by atoms with van der Waals surface area (Å²) in [5.74, 6) is -0.667. The van der Waals surface area contributed by atoms with Crippen molar-refractivity contribution in [3.8, 4) is 0 Å². The number of amides is 2. The zero-order chi connectivity index (χ0) is 26.3. The summed E-state index contributed by atoms with van der Waals surface area (Å²) in [4.78, 5) is 28.6. The highest BCUT2D eigenvalue weighted by Gasteiger charge is 2.33. The summed E-state index contributed by atoms with van der Waals surface area (Å²) in [6.45, 7) is 3.58. The fraction of sp³-hybridized carbons (Fsp3) is 0.481. The normalized spacial score (nSPS) is 15.2. The van der Waals surface area contributed by atoms with Gasteiger partial charge in [-0.15, -0.1) is 0 Å². The molecule has 196 valence electrons. The lowest BCUT2D eigenvalue weighted by atomic mass is 9.95. The minimum Gasteiger partial charge on any atom is -0.352 e. The Labute approximate surface area is 219 Å². The van der Waals surface area contributed by atoms with Gasteiger partial charge in [-0.05, 0) is 43.9 Å². The number of carbonyl (C=O) groups is 2. The Bertz CT molecular complexity index is 1150. The van der Waals surface area contributed by atoms with Gasteiger partial charge in [-0.1, -0.05) is 79.7 Å². The van der Waals surface area contributed by atoms with Crippen molar-refractivity contribution in [1.82, 2.24) is 10.2 Å². The van der Waals surface area contributed by atoms with Crippen molar-refractivity contribution in [2.75, 3.05) is 17.1 Å². The van der Waals surface area contributed by atoms with E-state index in [0.29, 0.717) is 6.42 Å². The molecule has 0 radical (unpaired) electrons. The quantitative estimate of drug-likeness (QED) is 0.481. The second kappa shape index (κ2) is 12.6. The summed E-state index contributed by atoms with van der Waals surface area (Å²) in [7, 11) is -3.82. The van der Waals surface area contributed by atoms with E-state index in [1.54, 1.807) is 24.3 Å². The van der Waals surface area contributed by atoms with Crippen molar-refractivity contribution in [2.45, 2.75) is 71.0 Å². The Morgan fingerprint density at radius 3 is 2.28 bits per heavy atom. The van der Waals surface area contributed by atoms with Crippen LogP contribution in [0.15, 0.2) is 48.5 Å². The van der Waals surface area contributed by atoms with Crippen molar-refractivity contribution in [3.05, 3.63) is 64.7 Å². The second-order valence-electron chi connectivity index (χ2n) is 9.50. The monoisotopic (exact) mass is 533 g/mol. The number of para-hydroxylation sites is 1. The van der Waals surface area contributed by atoms with Crippen LogP contribution in [-0.2, 0) is 26.2 Å². The molecule has 0 bridgehead atoms. The van der Waals surface area contributed by atoms with Gasteiger partial charge in [0.1, 0.15) is 12.6 Å². The van der Waals surface area contributed by atoms with E-state index in [-0.39, 0.29) is 29.2 Å². The second-order valence-corrected chi connectivity index (χ2v) is 11.8. The van der Waals surface area contributed by atoms with E-state index in [1.807, 2.05) is 38.1 Å². The predicted molar refractivity (Wildman–Crippen MR) is 144 cm³/mol. The lowest BCUT2D eigenvalue weighted by Gasteiger charge is -2.34. The molecule has 9 heteroatoms. The summed E-state index contributed by atoms with van der Waals surface area (Å²) in [6, 6.07) is 13.6. The van der Waals surface area contributed by atoms with E-state index in [2.05, 4.69) is 5.32 Å². The minimum atomic E-state index is -3.82. The topological polar surface area (TPSA) is 86.8 Å². The fourth-order valence-electron chi connectivity index (χ4n) is 4.60. The molecule has 1 N–H and O–H groups in total. The van der Waals surface area contributed by atoms with Crippen LogP contribution in [0, 0.1) is 6.92 Å². The van der Waals surface area contributed by atoms with Crippen LogP contribution in [0.5, 0.6) is 0 Å². The van der Waals surface area contributed by atoms with E-state index in [4.69, 9.17) is 11.6 Å². The zero-order valence-corrected chi connectivity index (χ0v) is 22.8. The number of anilines is 1. The van der Waals surface area contributed by atoms with Gasteiger partial charge in [0.15, 0.2) is 0 Å². The number of aryl methyl sites for hydroxylation is 1. The van der Waals surface area contributed by atoms with Gasteiger partial charge in [0.05, 0.1) is 17.0 Å². The Morgan fingerprint density at radius 2 is 1.69 bits per heavy atom. The molecule has 3 rings (SSSR count). The average molecular weight is 534 g/mol. The van der Waals surface area contributed by atoms with Crippen molar-refractivity contribution in [3.63, 3.8) is 0 Å². The number of benzene rings is 2. The first-order valence-corrected chi connectivity index (χ1v) is 14.7. The lowest BCUT2D eigenvalue weighted by molar-refractivity contribution is -0.140. The summed E-state index contributed by atoms with van der Waals surface area (Å²) in [5, 5.41) is 3.36. The van der Waals surface area contributed by atoms with Crippen LogP contribution in [0.3, 0.4) is 0 Å². The molecule has 0 heterocycles. The Kier molecular flexibility index (Phi) is 9.79. The first-order valence-electron chi connectivity index (χ1n) is 12.5. The number of hydrogen-bond acceptors (Lipinski definition) is 4. The molecule has 2 amide bonds. The van der Waals surface area contributed by atoms with E-state index in [1.165, 1.54) is 11.3 Å². The van der Waals surface area contributed by atoms with E-state index >= 15 is 0 Å². The molecule has 0 spiro atoms. The SMILES string of the molecule is CC[C@H](C(=O)NC1CCCCC1)N(Cc1ccc(C)cc1)C(=O)CN(c1ccccc1Cl)S(C)(=O)=O. The molecule has 0 aromatic heterocycles. The van der Waals surface area contributed by atoms with E-state index in [0.717, 1.165) is 47.4 Å². The highest BCUT2D eigenvalue weighted by Crippen LogP contribution is 2.28. The first-order chi connectivity index (χ1) is 17.1. The Balaban J connectivity index is 1.91. The predicted octanol–water partition coefficient (Wildman–Crippen LogP) is 4.67. The summed E-state index contributed by atoms with van der Waals surface area (Å²) < 4.78 is 26.4. The molecule has 1 aliphatic rings. The number of halogens is 1. The molecule has 0 saturated heterocycles. The molecule has 1 saturated carbocycles. The van der Waals surface area contributed by atoms with Gasteiger partial charge in [-0.25, -0.2) is 8.42 Å². The van der Waals surface area contributed by atoms with Crippen LogP contribution in [0.25, 0.3) is 0 Å². The van der Waals surface area contributed by atoms with Crippen LogP contribution in [0.2, 0.25) is 5.02 Å². The van der Waals surface area contributed by atoms with Crippen molar-refractivity contribution in [1.29, 1.82) is 0 Å².